The summed E-state index contributed by atoms with van der Waals surface area (Å²) in [5, 5.41) is 2.66. The van der Waals surface area contributed by atoms with Gasteiger partial charge in [-0.15, -0.1) is 0 Å². The number of ether oxygens (including phenoxy) is 1. The van der Waals surface area contributed by atoms with Crippen molar-refractivity contribution < 1.29 is 19.1 Å². The Morgan fingerprint density at radius 2 is 2.12 bits per heavy atom. The molecular weight excluding hydrogens is 344 g/mol. The monoisotopic (exact) mass is 362 g/mol. The average molecular weight is 362 g/mol. The molecule has 0 atom stereocenters. The van der Waals surface area contributed by atoms with Gasteiger partial charge in [0.1, 0.15) is 17.6 Å². The minimum Gasteiger partial charge on any atom is -0.454 e. The third-order valence-corrected chi connectivity index (χ3v) is 4.46. The third kappa shape index (κ3) is 4.50. The van der Waals surface area contributed by atoms with Gasteiger partial charge in [0.05, 0.1) is 17.4 Å². The SMILES string of the molecule is O=C(COC(=O)CN1CCCCCC1=O)Nc1cccc2nsnc12. The zero-order valence-corrected chi connectivity index (χ0v) is 14.4. The summed E-state index contributed by atoms with van der Waals surface area (Å²) in [6.45, 7) is 0.0332. The molecule has 2 amide bonds. The van der Waals surface area contributed by atoms with Crippen molar-refractivity contribution in [1.82, 2.24) is 13.6 Å². The lowest BCUT2D eigenvalue weighted by Gasteiger charge is -2.19. The number of nitrogens with one attached hydrogen (secondary N) is 1. The number of rotatable bonds is 5. The Labute approximate surface area is 148 Å². The van der Waals surface area contributed by atoms with E-state index in [4.69, 9.17) is 4.74 Å². The molecule has 1 aliphatic heterocycles. The number of esters is 1. The first kappa shape index (κ1) is 17.3. The molecule has 9 heteroatoms. The van der Waals surface area contributed by atoms with E-state index in [-0.39, 0.29) is 12.5 Å². The summed E-state index contributed by atoms with van der Waals surface area (Å²) in [6.07, 6.45) is 3.17. The van der Waals surface area contributed by atoms with Crippen LogP contribution in [0.15, 0.2) is 18.2 Å². The number of anilines is 1. The predicted octanol–water partition coefficient (Wildman–Crippen LogP) is 1.58. The van der Waals surface area contributed by atoms with Gasteiger partial charge in [0.25, 0.3) is 5.91 Å². The van der Waals surface area contributed by atoms with E-state index in [1.54, 1.807) is 18.2 Å². The average Bonchev–Trinajstić information content (AvgIpc) is 2.99. The van der Waals surface area contributed by atoms with Crippen molar-refractivity contribution >= 4 is 46.2 Å². The summed E-state index contributed by atoms with van der Waals surface area (Å²) >= 11 is 1.06. The number of hydrogen-bond donors (Lipinski definition) is 1. The molecule has 25 heavy (non-hydrogen) atoms. The summed E-state index contributed by atoms with van der Waals surface area (Å²) in [7, 11) is 0. The van der Waals surface area contributed by atoms with E-state index in [1.807, 2.05) is 0 Å². The molecule has 1 aromatic heterocycles. The topological polar surface area (TPSA) is 101 Å². The molecule has 1 aromatic carbocycles. The highest BCUT2D eigenvalue weighted by Crippen LogP contribution is 2.20. The number of carbonyl (C=O) groups is 3. The number of aromatic nitrogens is 2. The Hall–Kier alpha value is -2.55. The van der Waals surface area contributed by atoms with Crippen LogP contribution in [0.1, 0.15) is 25.7 Å². The van der Waals surface area contributed by atoms with Crippen molar-refractivity contribution in [3.05, 3.63) is 18.2 Å². The number of amides is 2. The summed E-state index contributed by atoms with van der Waals surface area (Å²) < 4.78 is 13.2. The third-order valence-electron chi connectivity index (χ3n) is 3.92. The summed E-state index contributed by atoms with van der Waals surface area (Å²) in [6, 6.07) is 5.27. The van der Waals surface area contributed by atoms with Crippen LogP contribution in [0, 0.1) is 0 Å². The molecule has 0 unspecified atom stereocenters. The van der Waals surface area contributed by atoms with Crippen molar-refractivity contribution in [2.24, 2.45) is 0 Å². The van der Waals surface area contributed by atoms with Crippen LogP contribution in [0.3, 0.4) is 0 Å². The Morgan fingerprint density at radius 3 is 3.00 bits per heavy atom. The van der Waals surface area contributed by atoms with Crippen LogP contribution in [0.4, 0.5) is 5.69 Å². The molecule has 0 saturated carbocycles. The lowest BCUT2D eigenvalue weighted by molar-refractivity contribution is -0.151. The first-order valence-corrected chi connectivity index (χ1v) is 8.81. The van der Waals surface area contributed by atoms with Gasteiger partial charge < -0.3 is 15.0 Å². The van der Waals surface area contributed by atoms with E-state index in [0.717, 1.165) is 31.0 Å². The lowest BCUT2D eigenvalue weighted by atomic mass is 10.2. The van der Waals surface area contributed by atoms with Crippen LogP contribution in [0.5, 0.6) is 0 Å². The molecule has 1 N–H and O–H groups in total. The molecule has 1 fully saturated rings. The second-order valence-electron chi connectivity index (χ2n) is 5.77. The highest BCUT2D eigenvalue weighted by Gasteiger charge is 2.20. The van der Waals surface area contributed by atoms with Crippen LogP contribution in [-0.4, -0.2) is 51.1 Å². The molecule has 0 bridgehead atoms. The first-order chi connectivity index (χ1) is 12.1. The predicted molar refractivity (Wildman–Crippen MR) is 92.1 cm³/mol. The van der Waals surface area contributed by atoms with Gasteiger partial charge in [-0.1, -0.05) is 12.5 Å². The number of nitrogens with zero attached hydrogens (tertiary/aromatic N) is 3. The molecular formula is C16H18N4O4S. The van der Waals surface area contributed by atoms with Gasteiger partial charge >= 0.3 is 5.97 Å². The Morgan fingerprint density at radius 1 is 1.24 bits per heavy atom. The lowest BCUT2D eigenvalue weighted by Crippen LogP contribution is -2.36. The fourth-order valence-electron chi connectivity index (χ4n) is 2.65. The number of benzene rings is 1. The fraction of sp³-hybridized carbons (Fsp3) is 0.438. The number of fused-ring (bicyclic) bond motifs is 1. The van der Waals surface area contributed by atoms with Gasteiger partial charge in [-0.25, -0.2) is 0 Å². The summed E-state index contributed by atoms with van der Waals surface area (Å²) in [5.74, 6) is -1.09. The van der Waals surface area contributed by atoms with Gasteiger partial charge in [-0.05, 0) is 25.0 Å². The maximum absolute atomic E-state index is 12.0. The molecule has 0 aliphatic carbocycles. The van der Waals surface area contributed by atoms with Gasteiger partial charge in [0.2, 0.25) is 5.91 Å². The highest BCUT2D eigenvalue weighted by molar-refractivity contribution is 7.00. The zero-order valence-electron chi connectivity index (χ0n) is 13.6. The molecule has 0 spiro atoms. The molecule has 0 radical (unpaired) electrons. The van der Waals surface area contributed by atoms with E-state index in [9.17, 15) is 14.4 Å². The van der Waals surface area contributed by atoms with Crippen LogP contribution < -0.4 is 5.32 Å². The van der Waals surface area contributed by atoms with Crippen LogP contribution in [-0.2, 0) is 19.1 Å². The highest BCUT2D eigenvalue weighted by atomic mass is 32.1. The molecule has 1 aliphatic rings. The second-order valence-corrected chi connectivity index (χ2v) is 6.30. The van der Waals surface area contributed by atoms with E-state index in [0.29, 0.717) is 29.7 Å². The fourth-order valence-corrected chi connectivity index (χ4v) is 3.20. The zero-order chi connectivity index (χ0) is 17.6. The standard InChI is InChI=1S/C16H18N4O4S/c21-13(17-11-5-4-6-12-16(11)19-25-18-12)10-24-15(23)9-20-8-3-1-2-7-14(20)22/h4-6H,1-3,7-10H2,(H,17,21). The van der Waals surface area contributed by atoms with Crippen molar-refractivity contribution in [3.8, 4) is 0 Å². The smallest absolute Gasteiger partial charge is 0.326 e. The Balaban J connectivity index is 1.49. The number of hydrogen-bond acceptors (Lipinski definition) is 7. The molecule has 3 rings (SSSR count). The number of likely N-dealkylation sites (tertiary alicyclic amines) is 1. The Kier molecular flexibility index (Phi) is 5.54. The normalized spacial score (nSPS) is 15.0. The molecule has 2 aromatic rings. The van der Waals surface area contributed by atoms with E-state index in [2.05, 4.69) is 14.1 Å². The molecule has 2 heterocycles. The Bertz CT molecular complexity index is 791. The first-order valence-electron chi connectivity index (χ1n) is 8.08. The van der Waals surface area contributed by atoms with Gasteiger partial charge in [-0.3, -0.25) is 14.4 Å². The maximum atomic E-state index is 12.0. The number of carbonyl (C=O) groups excluding carboxylic acids is 3. The molecule has 1 saturated heterocycles. The quantitative estimate of drug-likeness (QED) is 0.810. The molecule has 8 nitrogen and oxygen atoms in total. The van der Waals surface area contributed by atoms with Crippen LogP contribution in [0.25, 0.3) is 11.0 Å². The van der Waals surface area contributed by atoms with Gasteiger partial charge in [0, 0.05) is 13.0 Å². The largest absolute Gasteiger partial charge is 0.454 e. The maximum Gasteiger partial charge on any atom is 0.326 e. The molecule has 132 valence electrons. The summed E-state index contributed by atoms with van der Waals surface area (Å²) in [4.78, 5) is 37.2. The van der Waals surface area contributed by atoms with Gasteiger partial charge in [0.15, 0.2) is 6.61 Å². The van der Waals surface area contributed by atoms with Crippen molar-refractivity contribution in [2.45, 2.75) is 25.7 Å². The van der Waals surface area contributed by atoms with Crippen LogP contribution in [0.2, 0.25) is 0 Å². The minimum atomic E-state index is -0.584. The van der Waals surface area contributed by atoms with Crippen molar-refractivity contribution in [2.75, 3.05) is 25.0 Å². The van der Waals surface area contributed by atoms with E-state index in [1.165, 1.54) is 4.90 Å². The van der Waals surface area contributed by atoms with Crippen molar-refractivity contribution in [1.29, 1.82) is 0 Å². The summed E-state index contributed by atoms with van der Waals surface area (Å²) in [5.41, 5.74) is 1.82. The minimum absolute atomic E-state index is 0.0402. The van der Waals surface area contributed by atoms with Crippen molar-refractivity contribution in [3.63, 3.8) is 0 Å². The van der Waals surface area contributed by atoms with E-state index >= 15 is 0 Å². The second kappa shape index (κ2) is 8.02. The van der Waals surface area contributed by atoms with Gasteiger partial charge in [-0.2, -0.15) is 8.75 Å². The van der Waals surface area contributed by atoms with E-state index < -0.39 is 18.5 Å². The van der Waals surface area contributed by atoms with Crippen LogP contribution >= 0.6 is 11.7 Å².